The molecule has 28 heavy (non-hydrogen) atoms. The maximum Gasteiger partial charge on any atom is 0.252 e. The molecule has 0 spiro atoms. The number of hydrogen-bond donors (Lipinski definition) is 6. The summed E-state index contributed by atoms with van der Waals surface area (Å²) >= 11 is 0. The number of rotatable bonds is 9. The Morgan fingerprint density at radius 3 is 1.25 bits per heavy atom. The Hall–Kier alpha value is -2.78. The number of benzene rings is 2. The normalized spacial score (nSPS) is 12.9. The molecule has 0 saturated heterocycles. The van der Waals surface area contributed by atoms with Crippen molar-refractivity contribution in [2.75, 3.05) is 0 Å². The van der Waals surface area contributed by atoms with E-state index >= 15 is 0 Å². The van der Waals surface area contributed by atoms with Crippen molar-refractivity contribution in [1.29, 1.82) is 0 Å². The van der Waals surface area contributed by atoms with Crippen LogP contribution in [0.1, 0.15) is 22.3 Å². The maximum atomic E-state index is 12.0. The van der Waals surface area contributed by atoms with Gasteiger partial charge in [-0.2, -0.15) is 0 Å². The molecule has 150 valence electrons. The molecule has 0 saturated carbocycles. The molecule has 8 N–H and O–H groups in total. The van der Waals surface area contributed by atoms with Gasteiger partial charge in [0.05, 0.1) is 0 Å². The lowest BCUT2D eigenvalue weighted by Gasteiger charge is -2.17. The summed E-state index contributed by atoms with van der Waals surface area (Å²) in [6.45, 7) is 1.15. The summed E-state index contributed by atoms with van der Waals surface area (Å²) in [5.41, 5.74) is 14.6. The second-order valence-electron chi connectivity index (χ2n) is 6.37. The quantitative estimate of drug-likeness (QED) is 0.334. The van der Waals surface area contributed by atoms with E-state index in [1.165, 1.54) is 0 Å². The maximum absolute atomic E-state index is 12.0. The summed E-state index contributed by atoms with van der Waals surface area (Å²) in [5, 5.41) is 24.8. The van der Waals surface area contributed by atoms with E-state index in [0.29, 0.717) is 13.1 Å². The number of aliphatic hydroxyl groups excluding tert-OH is 2. The predicted octanol–water partition coefficient (Wildman–Crippen LogP) is -0.742. The smallest absolute Gasteiger partial charge is 0.252 e. The Morgan fingerprint density at radius 2 is 0.964 bits per heavy atom. The van der Waals surface area contributed by atoms with Gasteiger partial charge in [0, 0.05) is 26.2 Å². The van der Waals surface area contributed by atoms with Gasteiger partial charge in [0.15, 0.2) is 12.2 Å². The third-order valence-electron chi connectivity index (χ3n) is 4.29. The van der Waals surface area contributed by atoms with Gasteiger partial charge in [-0.05, 0) is 22.3 Å². The molecule has 2 aromatic rings. The van der Waals surface area contributed by atoms with Gasteiger partial charge in [0.25, 0.3) is 11.8 Å². The fraction of sp³-hybridized carbons (Fsp3) is 0.300. The average Bonchev–Trinajstić information content (AvgIpc) is 2.75. The minimum atomic E-state index is -1.87. The van der Waals surface area contributed by atoms with Crippen molar-refractivity contribution < 1.29 is 19.8 Å². The summed E-state index contributed by atoms with van der Waals surface area (Å²) < 4.78 is 0. The first-order valence-electron chi connectivity index (χ1n) is 8.92. The van der Waals surface area contributed by atoms with Crippen LogP contribution in [0, 0.1) is 0 Å². The van der Waals surface area contributed by atoms with Crippen LogP contribution < -0.4 is 22.1 Å². The van der Waals surface area contributed by atoms with Gasteiger partial charge in [-0.25, -0.2) is 0 Å². The minimum Gasteiger partial charge on any atom is -0.380 e. The number of carbonyl (C=O) groups excluding carboxylic acids is 2. The monoisotopic (exact) mass is 386 g/mol. The molecule has 8 nitrogen and oxygen atoms in total. The highest BCUT2D eigenvalue weighted by Crippen LogP contribution is 2.05. The van der Waals surface area contributed by atoms with Crippen molar-refractivity contribution in [1.82, 2.24) is 10.6 Å². The highest BCUT2D eigenvalue weighted by Gasteiger charge is 2.29. The van der Waals surface area contributed by atoms with Crippen LogP contribution in [0.25, 0.3) is 0 Å². The lowest BCUT2D eigenvalue weighted by atomic mass is 10.1. The van der Waals surface area contributed by atoms with Gasteiger partial charge in [-0.15, -0.1) is 0 Å². The largest absolute Gasteiger partial charge is 0.380 e. The van der Waals surface area contributed by atoms with Crippen molar-refractivity contribution in [3.05, 3.63) is 70.8 Å². The Morgan fingerprint density at radius 1 is 0.679 bits per heavy atom. The van der Waals surface area contributed by atoms with Crippen molar-refractivity contribution in [2.24, 2.45) is 11.5 Å². The molecule has 8 heteroatoms. The van der Waals surface area contributed by atoms with Gasteiger partial charge >= 0.3 is 0 Å². The molecule has 2 rings (SSSR count). The number of nitrogens with two attached hydrogens (primary N) is 2. The van der Waals surface area contributed by atoms with E-state index in [1.807, 2.05) is 24.3 Å². The van der Waals surface area contributed by atoms with Crippen LogP contribution in [-0.4, -0.2) is 34.2 Å². The van der Waals surface area contributed by atoms with Crippen LogP contribution in [-0.2, 0) is 35.8 Å². The van der Waals surface area contributed by atoms with E-state index in [-0.39, 0.29) is 13.1 Å². The number of carbonyl (C=O) groups is 2. The standard InChI is InChI=1S/C20H26N4O4/c21-9-13-1-5-15(6-2-13)11-23-19(27)17(25)18(26)20(28)24-12-16-7-3-14(10-22)4-8-16/h1-8,17-18,25-26H,9-12,21-22H2,(H,23,27)(H,24,28). The van der Waals surface area contributed by atoms with Crippen molar-refractivity contribution in [2.45, 2.75) is 38.4 Å². The first-order valence-corrected chi connectivity index (χ1v) is 8.92. The van der Waals surface area contributed by atoms with E-state index in [9.17, 15) is 19.8 Å². The number of aliphatic hydroxyl groups is 2. The van der Waals surface area contributed by atoms with Gasteiger partial charge in [-0.1, -0.05) is 48.5 Å². The van der Waals surface area contributed by atoms with E-state index in [4.69, 9.17) is 11.5 Å². The van der Waals surface area contributed by atoms with Crippen LogP contribution in [0.2, 0.25) is 0 Å². The summed E-state index contributed by atoms with van der Waals surface area (Å²) in [6, 6.07) is 14.5. The Kier molecular flexibility index (Phi) is 8.09. The topological polar surface area (TPSA) is 151 Å². The fourth-order valence-electron chi connectivity index (χ4n) is 2.46. The molecular weight excluding hydrogens is 360 g/mol. The molecule has 2 aromatic carbocycles. The summed E-state index contributed by atoms with van der Waals surface area (Å²) in [4.78, 5) is 24.0. The zero-order chi connectivity index (χ0) is 20.5. The van der Waals surface area contributed by atoms with Crippen molar-refractivity contribution in [3.8, 4) is 0 Å². The second-order valence-corrected chi connectivity index (χ2v) is 6.37. The lowest BCUT2D eigenvalue weighted by molar-refractivity contribution is -0.146. The first-order chi connectivity index (χ1) is 13.4. The predicted molar refractivity (Wildman–Crippen MR) is 104 cm³/mol. The summed E-state index contributed by atoms with van der Waals surface area (Å²) in [6.07, 6.45) is -3.74. The van der Waals surface area contributed by atoms with E-state index in [2.05, 4.69) is 10.6 Å². The van der Waals surface area contributed by atoms with Crippen LogP contribution in [0.5, 0.6) is 0 Å². The first kappa shape index (κ1) is 21.5. The Balaban J connectivity index is 1.80. The van der Waals surface area contributed by atoms with E-state index < -0.39 is 24.0 Å². The molecule has 0 heterocycles. The van der Waals surface area contributed by atoms with Crippen LogP contribution in [0.3, 0.4) is 0 Å². The molecule has 0 aliphatic heterocycles. The molecule has 0 aromatic heterocycles. The van der Waals surface area contributed by atoms with Gasteiger partial charge in [0.1, 0.15) is 0 Å². The summed E-state index contributed by atoms with van der Waals surface area (Å²) in [5.74, 6) is -1.67. The van der Waals surface area contributed by atoms with Crippen molar-refractivity contribution in [3.63, 3.8) is 0 Å². The van der Waals surface area contributed by atoms with Gasteiger partial charge in [-0.3, -0.25) is 9.59 Å². The van der Waals surface area contributed by atoms with Crippen molar-refractivity contribution >= 4 is 11.8 Å². The van der Waals surface area contributed by atoms with Crippen LogP contribution in [0.15, 0.2) is 48.5 Å². The lowest BCUT2D eigenvalue weighted by Crippen LogP contribution is -2.49. The number of amides is 2. The van der Waals surface area contributed by atoms with Gasteiger partial charge in [0.2, 0.25) is 0 Å². The van der Waals surface area contributed by atoms with Gasteiger partial charge < -0.3 is 32.3 Å². The molecule has 0 bridgehead atoms. The fourth-order valence-corrected chi connectivity index (χ4v) is 2.46. The SMILES string of the molecule is NCc1ccc(CNC(=O)C(O)C(O)C(=O)NCc2ccc(CN)cc2)cc1. The molecule has 0 radical (unpaired) electrons. The summed E-state index contributed by atoms with van der Waals surface area (Å²) in [7, 11) is 0. The molecule has 2 atom stereocenters. The number of nitrogens with one attached hydrogen (secondary N) is 2. The molecule has 2 unspecified atom stereocenters. The number of hydrogen-bond acceptors (Lipinski definition) is 6. The average molecular weight is 386 g/mol. The molecule has 2 amide bonds. The molecular formula is C20H26N4O4. The molecule has 0 aliphatic carbocycles. The second kappa shape index (κ2) is 10.5. The Bertz CT molecular complexity index is 710. The molecule has 0 aliphatic rings. The Labute approximate surface area is 163 Å². The zero-order valence-corrected chi connectivity index (χ0v) is 15.5. The zero-order valence-electron chi connectivity index (χ0n) is 15.5. The van der Waals surface area contributed by atoms with E-state index in [0.717, 1.165) is 22.3 Å². The molecule has 0 fully saturated rings. The van der Waals surface area contributed by atoms with Crippen LogP contribution in [0.4, 0.5) is 0 Å². The third-order valence-corrected chi connectivity index (χ3v) is 4.29. The van der Waals surface area contributed by atoms with E-state index in [1.54, 1.807) is 24.3 Å². The third kappa shape index (κ3) is 6.14. The minimum absolute atomic E-state index is 0.155. The van der Waals surface area contributed by atoms with Crippen LogP contribution >= 0.6 is 0 Å². The highest BCUT2D eigenvalue weighted by atomic mass is 16.3. The highest BCUT2D eigenvalue weighted by molar-refractivity contribution is 5.90.